The molecule has 1 heterocycles. The summed E-state index contributed by atoms with van der Waals surface area (Å²) < 4.78 is 12.9. The summed E-state index contributed by atoms with van der Waals surface area (Å²) in [6.07, 6.45) is 3.71. The second kappa shape index (κ2) is 7.15. The predicted octanol–water partition coefficient (Wildman–Crippen LogP) is 4.01. The van der Waals surface area contributed by atoms with E-state index < -0.39 is 0 Å². The molecule has 1 aliphatic rings. The molecule has 0 radical (unpaired) electrons. The van der Waals surface area contributed by atoms with Crippen molar-refractivity contribution in [3.05, 3.63) is 35.6 Å². The molecule has 2 rings (SSSR count). The minimum Gasteiger partial charge on any atom is -0.310 e. The van der Waals surface area contributed by atoms with Crippen LogP contribution in [0.15, 0.2) is 24.3 Å². The fourth-order valence-corrected chi connectivity index (χ4v) is 3.66. The van der Waals surface area contributed by atoms with Gasteiger partial charge in [-0.1, -0.05) is 19.1 Å². The lowest BCUT2D eigenvalue weighted by atomic mass is 10.00. The van der Waals surface area contributed by atoms with E-state index in [1.807, 2.05) is 12.1 Å². The fourth-order valence-electron chi connectivity index (χ4n) is 2.45. The van der Waals surface area contributed by atoms with Crippen LogP contribution in [0, 0.1) is 11.7 Å². The quantitative estimate of drug-likeness (QED) is 0.865. The Labute approximate surface area is 114 Å². The Kier molecular flexibility index (Phi) is 5.51. The van der Waals surface area contributed by atoms with E-state index in [1.54, 1.807) is 12.1 Å². The van der Waals surface area contributed by atoms with Crippen LogP contribution >= 0.6 is 11.8 Å². The molecule has 1 aromatic carbocycles. The van der Waals surface area contributed by atoms with Gasteiger partial charge in [0.1, 0.15) is 5.82 Å². The van der Waals surface area contributed by atoms with Crippen molar-refractivity contribution in [2.45, 2.75) is 32.2 Å². The zero-order valence-corrected chi connectivity index (χ0v) is 11.8. The molecule has 1 unspecified atom stereocenters. The average molecular weight is 267 g/mol. The molecule has 0 amide bonds. The largest absolute Gasteiger partial charge is 0.310 e. The van der Waals surface area contributed by atoms with Crippen LogP contribution in [0.1, 0.15) is 37.8 Å². The summed E-state index contributed by atoms with van der Waals surface area (Å²) in [5.74, 6) is 3.28. The highest BCUT2D eigenvalue weighted by Gasteiger charge is 2.16. The van der Waals surface area contributed by atoms with Gasteiger partial charge in [-0.2, -0.15) is 11.8 Å². The van der Waals surface area contributed by atoms with E-state index in [0.717, 1.165) is 18.9 Å². The van der Waals surface area contributed by atoms with Crippen molar-refractivity contribution >= 4 is 11.8 Å². The molecule has 18 heavy (non-hydrogen) atoms. The van der Waals surface area contributed by atoms with Crippen LogP contribution in [0.25, 0.3) is 0 Å². The SMILES string of the molecule is CCC(NCC1CCSCC1)c1ccc(F)cc1. The zero-order valence-electron chi connectivity index (χ0n) is 11.0. The molecule has 0 bridgehead atoms. The Morgan fingerprint density at radius 1 is 1.28 bits per heavy atom. The molecule has 1 saturated heterocycles. The summed E-state index contributed by atoms with van der Waals surface area (Å²) in [5.41, 5.74) is 1.20. The van der Waals surface area contributed by atoms with Crippen LogP contribution < -0.4 is 5.32 Å². The third kappa shape index (κ3) is 3.99. The summed E-state index contributed by atoms with van der Waals surface area (Å²) in [5, 5.41) is 3.64. The van der Waals surface area contributed by atoms with Gasteiger partial charge < -0.3 is 5.32 Å². The van der Waals surface area contributed by atoms with Gasteiger partial charge in [-0.15, -0.1) is 0 Å². The third-order valence-corrected chi connectivity index (χ3v) is 4.72. The van der Waals surface area contributed by atoms with E-state index in [1.165, 1.54) is 29.9 Å². The Morgan fingerprint density at radius 2 is 1.94 bits per heavy atom. The van der Waals surface area contributed by atoms with Gasteiger partial charge in [0, 0.05) is 6.04 Å². The van der Waals surface area contributed by atoms with Crippen molar-refractivity contribution in [1.82, 2.24) is 5.32 Å². The highest BCUT2D eigenvalue weighted by atomic mass is 32.2. The van der Waals surface area contributed by atoms with Crippen molar-refractivity contribution in [2.24, 2.45) is 5.92 Å². The number of nitrogens with one attached hydrogen (secondary N) is 1. The van der Waals surface area contributed by atoms with Gasteiger partial charge in [-0.3, -0.25) is 0 Å². The van der Waals surface area contributed by atoms with Crippen LogP contribution in [0.2, 0.25) is 0 Å². The van der Waals surface area contributed by atoms with Gasteiger partial charge in [-0.05, 0) is 60.9 Å². The highest BCUT2D eigenvalue weighted by Crippen LogP contribution is 2.23. The molecular weight excluding hydrogens is 245 g/mol. The summed E-state index contributed by atoms with van der Waals surface area (Å²) in [7, 11) is 0. The second-order valence-electron chi connectivity index (χ2n) is 4.98. The van der Waals surface area contributed by atoms with E-state index in [0.29, 0.717) is 6.04 Å². The number of hydrogen-bond donors (Lipinski definition) is 1. The Balaban J connectivity index is 1.86. The molecule has 0 aromatic heterocycles. The third-order valence-electron chi connectivity index (χ3n) is 3.67. The molecule has 0 saturated carbocycles. The number of benzene rings is 1. The minimum absolute atomic E-state index is 0.155. The van der Waals surface area contributed by atoms with Crippen LogP contribution in [0.5, 0.6) is 0 Å². The summed E-state index contributed by atoms with van der Waals surface area (Å²) in [6.45, 7) is 3.27. The van der Waals surface area contributed by atoms with E-state index >= 15 is 0 Å². The normalized spacial score (nSPS) is 18.8. The molecule has 1 atom stereocenters. The number of thioether (sulfide) groups is 1. The second-order valence-corrected chi connectivity index (χ2v) is 6.20. The van der Waals surface area contributed by atoms with Crippen LogP contribution in [0.3, 0.4) is 0 Å². The van der Waals surface area contributed by atoms with Crippen molar-refractivity contribution in [1.29, 1.82) is 0 Å². The smallest absolute Gasteiger partial charge is 0.123 e. The van der Waals surface area contributed by atoms with Gasteiger partial charge in [0.05, 0.1) is 0 Å². The highest BCUT2D eigenvalue weighted by molar-refractivity contribution is 7.99. The first kappa shape index (κ1) is 13.9. The first-order valence-electron chi connectivity index (χ1n) is 6.86. The van der Waals surface area contributed by atoms with Crippen molar-refractivity contribution in [3.63, 3.8) is 0 Å². The molecule has 3 heteroatoms. The van der Waals surface area contributed by atoms with Crippen LogP contribution in [-0.4, -0.2) is 18.1 Å². The maximum atomic E-state index is 12.9. The molecule has 100 valence electrons. The van der Waals surface area contributed by atoms with E-state index in [4.69, 9.17) is 0 Å². The molecular formula is C15H22FNS. The first-order valence-corrected chi connectivity index (χ1v) is 8.01. The average Bonchev–Trinajstić information content (AvgIpc) is 2.42. The van der Waals surface area contributed by atoms with Crippen LogP contribution in [0.4, 0.5) is 4.39 Å². The Morgan fingerprint density at radius 3 is 2.56 bits per heavy atom. The lowest BCUT2D eigenvalue weighted by Gasteiger charge is -2.25. The fraction of sp³-hybridized carbons (Fsp3) is 0.600. The van der Waals surface area contributed by atoms with Gasteiger partial charge in [0.15, 0.2) is 0 Å². The molecule has 1 N–H and O–H groups in total. The molecule has 0 spiro atoms. The molecule has 1 fully saturated rings. The number of hydrogen-bond acceptors (Lipinski definition) is 2. The maximum absolute atomic E-state index is 12.9. The van der Waals surface area contributed by atoms with Crippen LogP contribution in [-0.2, 0) is 0 Å². The van der Waals surface area contributed by atoms with Crippen molar-refractivity contribution < 1.29 is 4.39 Å². The van der Waals surface area contributed by atoms with Gasteiger partial charge in [0.2, 0.25) is 0 Å². The summed E-state index contributed by atoms with van der Waals surface area (Å²) >= 11 is 2.07. The zero-order chi connectivity index (χ0) is 12.8. The topological polar surface area (TPSA) is 12.0 Å². The van der Waals surface area contributed by atoms with Gasteiger partial charge in [0.25, 0.3) is 0 Å². The maximum Gasteiger partial charge on any atom is 0.123 e. The molecule has 0 aliphatic carbocycles. The number of halogens is 1. The van der Waals surface area contributed by atoms with Gasteiger partial charge >= 0.3 is 0 Å². The van der Waals surface area contributed by atoms with Gasteiger partial charge in [-0.25, -0.2) is 4.39 Å². The Bertz CT molecular complexity index is 346. The molecule has 1 aliphatic heterocycles. The van der Waals surface area contributed by atoms with E-state index in [2.05, 4.69) is 24.0 Å². The Hall–Kier alpha value is -0.540. The standard InChI is InChI=1S/C15H22FNS/c1-2-15(13-3-5-14(16)6-4-13)17-11-12-7-9-18-10-8-12/h3-6,12,15,17H,2,7-11H2,1H3. The monoisotopic (exact) mass is 267 g/mol. The summed E-state index contributed by atoms with van der Waals surface area (Å²) in [6, 6.07) is 7.26. The van der Waals surface area contributed by atoms with E-state index in [9.17, 15) is 4.39 Å². The van der Waals surface area contributed by atoms with Crippen molar-refractivity contribution in [2.75, 3.05) is 18.1 Å². The lowest BCUT2D eigenvalue weighted by Crippen LogP contribution is -2.29. The van der Waals surface area contributed by atoms with Crippen molar-refractivity contribution in [3.8, 4) is 0 Å². The lowest BCUT2D eigenvalue weighted by molar-refractivity contribution is 0.405. The number of rotatable bonds is 5. The summed E-state index contributed by atoms with van der Waals surface area (Å²) in [4.78, 5) is 0. The molecule has 1 nitrogen and oxygen atoms in total. The first-order chi connectivity index (χ1) is 8.79. The predicted molar refractivity (Wildman–Crippen MR) is 77.5 cm³/mol. The van der Waals surface area contributed by atoms with E-state index in [-0.39, 0.29) is 5.82 Å². The minimum atomic E-state index is -0.155. The molecule has 1 aromatic rings.